The van der Waals surface area contributed by atoms with Gasteiger partial charge in [-0.25, -0.2) is 4.79 Å². The SMILES string of the molecule is CC[C@@H]1S[C@H](c2ccc(OC)cc2)N(CCN(CC)C(=O)NC(C)C)C1=O. The van der Waals surface area contributed by atoms with Gasteiger partial charge in [-0.2, -0.15) is 0 Å². The summed E-state index contributed by atoms with van der Waals surface area (Å²) in [4.78, 5) is 28.8. The smallest absolute Gasteiger partial charge is 0.317 e. The van der Waals surface area contributed by atoms with Crippen molar-refractivity contribution in [2.45, 2.75) is 50.8 Å². The van der Waals surface area contributed by atoms with E-state index in [9.17, 15) is 9.59 Å². The predicted octanol–water partition coefficient (Wildman–Crippen LogP) is 3.49. The molecular weight excluding hydrogens is 362 g/mol. The lowest BCUT2D eigenvalue weighted by atomic mass is 10.2. The van der Waals surface area contributed by atoms with Crippen LogP contribution in [0.4, 0.5) is 4.79 Å². The molecule has 0 spiro atoms. The van der Waals surface area contributed by atoms with Crippen molar-refractivity contribution in [1.29, 1.82) is 0 Å². The van der Waals surface area contributed by atoms with Crippen molar-refractivity contribution in [3.8, 4) is 5.75 Å². The van der Waals surface area contributed by atoms with E-state index >= 15 is 0 Å². The first-order valence-corrected chi connectivity index (χ1v) is 10.5. The van der Waals surface area contributed by atoms with Crippen LogP contribution in [0.1, 0.15) is 45.1 Å². The van der Waals surface area contributed by atoms with Gasteiger partial charge in [0, 0.05) is 25.7 Å². The van der Waals surface area contributed by atoms with E-state index in [1.54, 1.807) is 23.8 Å². The van der Waals surface area contributed by atoms with Crippen LogP contribution in [0.2, 0.25) is 0 Å². The van der Waals surface area contributed by atoms with Crippen molar-refractivity contribution >= 4 is 23.7 Å². The molecule has 1 fully saturated rings. The predicted molar refractivity (Wildman–Crippen MR) is 110 cm³/mol. The monoisotopic (exact) mass is 393 g/mol. The molecule has 3 amide bonds. The Labute approximate surface area is 166 Å². The molecule has 0 aliphatic carbocycles. The molecule has 6 nitrogen and oxygen atoms in total. The molecule has 1 heterocycles. The van der Waals surface area contributed by atoms with E-state index in [1.165, 1.54) is 0 Å². The highest BCUT2D eigenvalue weighted by molar-refractivity contribution is 8.01. The fraction of sp³-hybridized carbons (Fsp3) is 0.600. The second-order valence-corrected chi connectivity index (χ2v) is 8.16. The number of likely N-dealkylation sites (N-methyl/N-ethyl adjacent to an activating group) is 1. The molecule has 1 saturated heterocycles. The lowest BCUT2D eigenvalue weighted by molar-refractivity contribution is -0.130. The third kappa shape index (κ3) is 5.31. The normalized spacial score (nSPS) is 19.5. The number of hydrogen-bond donors (Lipinski definition) is 1. The standard InChI is InChI=1S/C20H31N3O3S/c1-6-17-18(24)23(13-12-22(7-2)20(25)21-14(3)4)19(27-17)15-8-10-16(26-5)11-9-15/h8-11,14,17,19H,6-7,12-13H2,1-5H3,(H,21,25)/t17-,19+/m0/s1. The molecule has 0 saturated carbocycles. The van der Waals surface area contributed by atoms with Gasteiger partial charge in [0.15, 0.2) is 0 Å². The van der Waals surface area contributed by atoms with Crippen LogP contribution in [-0.4, -0.2) is 59.8 Å². The summed E-state index contributed by atoms with van der Waals surface area (Å²) in [6, 6.07) is 7.88. The van der Waals surface area contributed by atoms with Crippen molar-refractivity contribution < 1.29 is 14.3 Å². The Balaban J connectivity index is 2.12. The van der Waals surface area contributed by atoms with E-state index in [2.05, 4.69) is 5.32 Å². The molecule has 1 aromatic carbocycles. The van der Waals surface area contributed by atoms with Gasteiger partial charge in [0.05, 0.1) is 12.4 Å². The zero-order valence-electron chi connectivity index (χ0n) is 16.9. The molecule has 0 unspecified atom stereocenters. The van der Waals surface area contributed by atoms with Gasteiger partial charge in [0.1, 0.15) is 11.1 Å². The van der Waals surface area contributed by atoms with Crippen LogP contribution in [0.5, 0.6) is 5.75 Å². The Hall–Kier alpha value is -1.89. The highest BCUT2D eigenvalue weighted by atomic mass is 32.2. The Morgan fingerprint density at radius 3 is 2.48 bits per heavy atom. The van der Waals surface area contributed by atoms with E-state index in [4.69, 9.17) is 4.74 Å². The summed E-state index contributed by atoms with van der Waals surface area (Å²) in [6.07, 6.45) is 0.804. The first-order chi connectivity index (χ1) is 12.9. The third-order valence-corrected chi connectivity index (χ3v) is 6.25. The first-order valence-electron chi connectivity index (χ1n) is 9.56. The molecule has 0 bridgehead atoms. The van der Waals surface area contributed by atoms with Gasteiger partial charge in [0.2, 0.25) is 5.91 Å². The Morgan fingerprint density at radius 2 is 1.96 bits per heavy atom. The summed E-state index contributed by atoms with van der Waals surface area (Å²) in [5.41, 5.74) is 1.08. The average molecular weight is 394 g/mol. The van der Waals surface area contributed by atoms with Crippen molar-refractivity contribution in [2.24, 2.45) is 0 Å². The molecule has 1 N–H and O–H groups in total. The molecule has 0 radical (unpaired) electrons. The highest BCUT2D eigenvalue weighted by Crippen LogP contribution is 2.44. The molecular formula is C20H31N3O3S. The van der Waals surface area contributed by atoms with Crippen molar-refractivity contribution in [3.63, 3.8) is 0 Å². The summed E-state index contributed by atoms with van der Waals surface area (Å²) in [7, 11) is 1.64. The lowest BCUT2D eigenvalue weighted by Gasteiger charge is -2.29. The van der Waals surface area contributed by atoms with Crippen LogP contribution in [0.3, 0.4) is 0 Å². The summed E-state index contributed by atoms with van der Waals surface area (Å²) in [6.45, 7) is 9.53. The van der Waals surface area contributed by atoms with E-state index in [0.717, 1.165) is 17.7 Å². The van der Waals surface area contributed by atoms with Gasteiger partial charge in [-0.3, -0.25) is 4.79 Å². The lowest BCUT2D eigenvalue weighted by Crippen LogP contribution is -2.46. The molecule has 7 heteroatoms. The van der Waals surface area contributed by atoms with Gasteiger partial charge < -0.3 is 19.9 Å². The van der Waals surface area contributed by atoms with Gasteiger partial charge in [0.25, 0.3) is 0 Å². The Kier molecular flexibility index (Phi) is 7.83. The number of benzene rings is 1. The number of ether oxygens (including phenoxy) is 1. The maximum Gasteiger partial charge on any atom is 0.317 e. The van der Waals surface area contributed by atoms with Crippen LogP contribution in [0.25, 0.3) is 0 Å². The maximum absolute atomic E-state index is 12.9. The molecule has 2 atom stereocenters. The Bertz CT molecular complexity index is 636. The third-order valence-electron chi connectivity index (χ3n) is 4.60. The van der Waals surface area contributed by atoms with E-state index in [1.807, 2.05) is 56.9 Å². The summed E-state index contributed by atoms with van der Waals surface area (Å²) >= 11 is 1.69. The first kappa shape index (κ1) is 21.4. The summed E-state index contributed by atoms with van der Waals surface area (Å²) in [5.74, 6) is 0.956. The fourth-order valence-electron chi connectivity index (χ4n) is 3.08. The Morgan fingerprint density at radius 1 is 1.30 bits per heavy atom. The number of thioether (sulfide) groups is 1. The topological polar surface area (TPSA) is 61.9 Å². The molecule has 0 aromatic heterocycles. The zero-order chi connectivity index (χ0) is 20.0. The van der Waals surface area contributed by atoms with Gasteiger partial charge in [-0.05, 0) is 44.9 Å². The number of methoxy groups -OCH3 is 1. The van der Waals surface area contributed by atoms with E-state index < -0.39 is 0 Å². The van der Waals surface area contributed by atoms with Gasteiger partial charge in [-0.1, -0.05) is 19.1 Å². The van der Waals surface area contributed by atoms with Crippen molar-refractivity contribution in [3.05, 3.63) is 29.8 Å². The van der Waals surface area contributed by atoms with Gasteiger partial charge >= 0.3 is 6.03 Å². The minimum atomic E-state index is -0.0835. The van der Waals surface area contributed by atoms with Crippen molar-refractivity contribution in [1.82, 2.24) is 15.1 Å². The number of rotatable bonds is 8. The fourth-order valence-corrected chi connectivity index (χ4v) is 4.51. The molecule has 2 rings (SSSR count). The maximum atomic E-state index is 12.9. The van der Waals surface area contributed by atoms with E-state index in [0.29, 0.717) is 19.6 Å². The van der Waals surface area contributed by atoms with Crippen LogP contribution >= 0.6 is 11.8 Å². The largest absolute Gasteiger partial charge is 0.497 e. The van der Waals surface area contributed by atoms with Crippen LogP contribution in [-0.2, 0) is 4.79 Å². The van der Waals surface area contributed by atoms with Crippen molar-refractivity contribution in [2.75, 3.05) is 26.7 Å². The number of carbonyl (C=O) groups excluding carboxylic acids is 2. The van der Waals surface area contributed by atoms with E-state index in [-0.39, 0.29) is 28.6 Å². The zero-order valence-corrected chi connectivity index (χ0v) is 17.7. The molecule has 1 aliphatic rings. The van der Waals surface area contributed by atoms with Gasteiger partial charge in [-0.15, -0.1) is 11.8 Å². The number of urea groups is 1. The molecule has 1 aromatic rings. The number of hydrogen-bond acceptors (Lipinski definition) is 4. The average Bonchev–Trinajstić information content (AvgIpc) is 2.97. The number of nitrogens with one attached hydrogen (secondary N) is 1. The number of amides is 3. The second-order valence-electron chi connectivity index (χ2n) is 6.87. The number of carbonyl (C=O) groups is 2. The highest BCUT2D eigenvalue weighted by Gasteiger charge is 2.39. The summed E-state index contributed by atoms with van der Waals surface area (Å²) in [5, 5.41) is 2.86. The number of nitrogens with zero attached hydrogens (tertiary/aromatic N) is 2. The molecule has 27 heavy (non-hydrogen) atoms. The quantitative estimate of drug-likeness (QED) is 0.734. The summed E-state index contributed by atoms with van der Waals surface area (Å²) < 4.78 is 5.24. The van der Waals surface area contributed by atoms with Crippen LogP contribution in [0, 0.1) is 0 Å². The van der Waals surface area contributed by atoms with Crippen LogP contribution in [0.15, 0.2) is 24.3 Å². The molecule has 150 valence electrons. The van der Waals surface area contributed by atoms with Crippen LogP contribution < -0.4 is 10.1 Å². The molecule has 1 aliphatic heterocycles. The second kappa shape index (κ2) is 9.88. The minimum Gasteiger partial charge on any atom is -0.497 e. The minimum absolute atomic E-state index is 0.0276.